The van der Waals surface area contributed by atoms with Gasteiger partial charge in [0.1, 0.15) is 6.10 Å². The predicted molar refractivity (Wildman–Crippen MR) is 84.6 cm³/mol. The van der Waals surface area contributed by atoms with Crippen LogP contribution in [-0.4, -0.2) is 12.1 Å². The molecule has 2 heteroatoms. The zero-order valence-corrected chi connectivity index (χ0v) is 13.4. The maximum Gasteiger partial charge on any atom is 0.306 e. The SMILES string of the molecule is CCCC/C=C\C[C@H](C)CCC(=O)O[C@H]1C=C(C)CC1. The lowest BCUT2D eigenvalue weighted by Crippen LogP contribution is -2.14. The van der Waals surface area contributed by atoms with Crippen LogP contribution in [0.25, 0.3) is 0 Å². The number of hydrogen-bond donors (Lipinski definition) is 0. The Balaban J connectivity index is 2.09. The maximum absolute atomic E-state index is 11.8. The standard InChI is InChI=1S/C18H30O2/c1-4-5-6-7-8-9-15(2)11-13-18(19)20-17-12-10-16(3)14-17/h7-8,14-15,17H,4-6,9-13H2,1-3H3/b8-7-/t15-,17+/m0/s1. The number of esters is 1. The van der Waals surface area contributed by atoms with Gasteiger partial charge in [-0.2, -0.15) is 0 Å². The first-order chi connectivity index (χ1) is 9.61. The van der Waals surface area contributed by atoms with Gasteiger partial charge in [0.25, 0.3) is 0 Å². The molecule has 0 heterocycles. The van der Waals surface area contributed by atoms with Crippen molar-refractivity contribution < 1.29 is 9.53 Å². The van der Waals surface area contributed by atoms with Gasteiger partial charge in [-0.15, -0.1) is 0 Å². The molecule has 0 radical (unpaired) electrons. The van der Waals surface area contributed by atoms with Gasteiger partial charge in [-0.3, -0.25) is 4.79 Å². The second kappa shape index (κ2) is 9.79. The lowest BCUT2D eigenvalue weighted by molar-refractivity contribution is -0.147. The highest BCUT2D eigenvalue weighted by molar-refractivity contribution is 5.69. The molecule has 0 saturated carbocycles. The zero-order chi connectivity index (χ0) is 14.8. The van der Waals surface area contributed by atoms with E-state index in [1.807, 2.05) is 0 Å². The molecule has 1 aliphatic carbocycles. The van der Waals surface area contributed by atoms with Crippen molar-refractivity contribution in [1.82, 2.24) is 0 Å². The summed E-state index contributed by atoms with van der Waals surface area (Å²) in [4.78, 5) is 11.8. The summed E-state index contributed by atoms with van der Waals surface area (Å²) in [5.74, 6) is 0.518. The number of ether oxygens (including phenoxy) is 1. The molecule has 0 fully saturated rings. The van der Waals surface area contributed by atoms with E-state index in [2.05, 4.69) is 39.0 Å². The van der Waals surface area contributed by atoms with Gasteiger partial charge in [-0.05, 0) is 51.0 Å². The quantitative estimate of drug-likeness (QED) is 0.329. The molecule has 0 aromatic carbocycles. The minimum absolute atomic E-state index is 0.0340. The molecular weight excluding hydrogens is 248 g/mol. The monoisotopic (exact) mass is 278 g/mol. The summed E-state index contributed by atoms with van der Waals surface area (Å²) >= 11 is 0. The number of carbonyl (C=O) groups is 1. The predicted octanol–water partition coefficient (Wildman–Crippen LogP) is 5.19. The van der Waals surface area contributed by atoms with E-state index in [4.69, 9.17) is 4.74 Å². The molecule has 0 aromatic heterocycles. The molecule has 0 unspecified atom stereocenters. The third-order valence-electron chi connectivity index (χ3n) is 3.85. The Hall–Kier alpha value is -1.05. The fourth-order valence-electron chi connectivity index (χ4n) is 2.43. The second-order valence-electron chi connectivity index (χ2n) is 6.07. The van der Waals surface area contributed by atoms with Crippen LogP contribution in [0.1, 0.15) is 72.1 Å². The van der Waals surface area contributed by atoms with E-state index in [-0.39, 0.29) is 12.1 Å². The Morgan fingerprint density at radius 2 is 2.30 bits per heavy atom. The molecule has 0 spiro atoms. The van der Waals surface area contributed by atoms with Gasteiger partial charge < -0.3 is 4.74 Å². The maximum atomic E-state index is 11.8. The van der Waals surface area contributed by atoms with E-state index < -0.39 is 0 Å². The lowest BCUT2D eigenvalue weighted by atomic mass is 10.0. The lowest BCUT2D eigenvalue weighted by Gasteiger charge is -2.12. The highest BCUT2D eigenvalue weighted by Gasteiger charge is 2.17. The van der Waals surface area contributed by atoms with E-state index in [9.17, 15) is 4.79 Å². The van der Waals surface area contributed by atoms with Crippen LogP contribution in [0.15, 0.2) is 23.8 Å². The third-order valence-corrected chi connectivity index (χ3v) is 3.85. The van der Waals surface area contributed by atoms with Crippen molar-refractivity contribution in [3.05, 3.63) is 23.8 Å². The zero-order valence-electron chi connectivity index (χ0n) is 13.4. The van der Waals surface area contributed by atoms with E-state index in [0.29, 0.717) is 12.3 Å². The molecule has 114 valence electrons. The largest absolute Gasteiger partial charge is 0.458 e. The molecule has 1 aliphatic rings. The van der Waals surface area contributed by atoms with E-state index in [0.717, 1.165) is 25.7 Å². The van der Waals surface area contributed by atoms with Crippen molar-refractivity contribution in [1.29, 1.82) is 0 Å². The highest BCUT2D eigenvalue weighted by Crippen LogP contribution is 2.21. The molecule has 0 aliphatic heterocycles. The Morgan fingerprint density at radius 1 is 1.50 bits per heavy atom. The topological polar surface area (TPSA) is 26.3 Å². The first-order valence-electron chi connectivity index (χ1n) is 8.13. The minimum atomic E-state index is -0.0391. The van der Waals surface area contributed by atoms with E-state index in [1.54, 1.807) is 0 Å². The van der Waals surface area contributed by atoms with Crippen molar-refractivity contribution in [3.8, 4) is 0 Å². The van der Waals surface area contributed by atoms with Gasteiger partial charge in [-0.1, -0.05) is 44.4 Å². The van der Waals surface area contributed by atoms with Crippen LogP contribution < -0.4 is 0 Å². The fourth-order valence-corrected chi connectivity index (χ4v) is 2.43. The van der Waals surface area contributed by atoms with Gasteiger partial charge in [0.15, 0.2) is 0 Å². The first kappa shape index (κ1) is 17.0. The summed E-state index contributed by atoms with van der Waals surface area (Å²) in [5, 5.41) is 0. The Labute approximate surface area is 124 Å². The van der Waals surface area contributed by atoms with Gasteiger partial charge in [-0.25, -0.2) is 0 Å². The number of rotatable bonds is 9. The van der Waals surface area contributed by atoms with Gasteiger partial charge in [0, 0.05) is 6.42 Å². The molecule has 0 amide bonds. The summed E-state index contributed by atoms with van der Waals surface area (Å²) in [6, 6.07) is 0. The number of allylic oxidation sites excluding steroid dienone is 3. The molecule has 0 aromatic rings. The van der Waals surface area contributed by atoms with Gasteiger partial charge >= 0.3 is 5.97 Å². The van der Waals surface area contributed by atoms with Crippen LogP contribution in [-0.2, 0) is 9.53 Å². The van der Waals surface area contributed by atoms with Crippen LogP contribution in [0.4, 0.5) is 0 Å². The second-order valence-corrected chi connectivity index (χ2v) is 6.07. The summed E-state index contributed by atoms with van der Waals surface area (Å²) in [5.41, 5.74) is 1.34. The van der Waals surface area contributed by atoms with Crippen molar-refractivity contribution in [2.24, 2.45) is 5.92 Å². The molecule has 0 N–H and O–H groups in total. The van der Waals surface area contributed by atoms with Crippen molar-refractivity contribution in [2.45, 2.75) is 78.2 Å². The summed E-state index contributed by atoms with van der Waals surface area (Å²) in [7, 11) is 0. The molecule has 1 rings (SSSR count). The van der Waals surface area contributed by atoms with Gasteiger partial charge in [0.2, 0.25) is 0 Å². The van der Waals surface area contributed by atoms with Crippen LogP contribution in [0.2, 0.25) is 0 Å². The van der Waals surface area contributed by atoms with Crippen molar-refractivity contribution in [2.75, 3.05) is 0 Å². The Bertz CT molecular complexity index is 341. The van der Waals surface area contributed by atoms with Gasteiger partial charge in [0.05, 0.1) is 0 Å². The average molecular weight is 278 g/mol. The smallest absolute Gasteiger partial charge is 0.306 e. The average Bonchev–Trinajstić information content (AvgIpc) is 2.81. The van der Waals surface area contributed by atoms with Crippen LogP contribution in [0, 0.1) is 5.92 Å². The molecule has 2 atom stereocenters. The molecular formula is C18H30O2. The van der Waals surface area contributed by atoms with Crippen molar-refractivity contribution >= 4 is 5.97 Å². The Kier molecular flexibility index (Phi) is 8.32. The normalized spacial score (nSPS) is 20.1. The highest BCUT2D eigenvalue weighted by atomic mass is 16.5. The third kappa shape index (κ3) is 7.52. The van der Waals surface area contributed by atoms with Crippen LogP contribution in [0.5, 0.6) is 0 Å². The molecule has 0 saturated heterocycles. The van der Waals surface area contributed by atoms with E-state index >= 15 is 0 Å². The molecule has 20 heavy (non-hydrogen) atoms. The van der Waals surface area contributed by atoms with E-state index in [1.165, 1.54) is 24.8 Å². The van der Waals surface area contributed by atoms with Crippen LogP contribution in [0.3, 0.4) is 0 Å². The summed E-state index contributed by atoms with van der Waals surface area (Å²) < 4.78 is 5.46. The minimum Gasteiger partial charge on any atom is -0.458 e. The van der Waals surface area contributed by atoms with Crippen LogP contribution >= 0.6 is 0 Å². The first-order valence-corrected chi connectivity index (χ1v) is 8.13. The van der Waals surface area contributed by atoms with Crippen molar-refractivity contribution in [3.63, 3.8) is 0 Å². The number of hydrogen-bond acceptors (Lipinski definition) is 2. The fraction of sp³-hybridized carbons (Fsp3) is 0.722. The number of carbonyl (C=O) groups excluding carboxylic acids is 1. The molecule has 2 nitrogen and oxygen atoms in total. The summed E-state index contributed by atoms with van der Waals surface area (Å²) in [6.07, 6.45) is 14.9. The summed E-state index contributed by atoms with van der Waals surface area (Å²) in [6.45, 7) is 6.51. The Morgan fingerprint density at radius 3 is 2.95 bits per heavy atom. The number of unbranched alkanes of at least 4 members (excludes halogenated alkanes) is 2. The molecule has 0 bridgehead atoms.